The standard InChI is InChI=1S/C26H24N4S/c1-19-10-5-6-14-22(19)29-17-9-15-23(29)25-24(21-13-7-8-16-27-21)28-26(31)30(25)18-20-11-3-2-4-12-20/h2-17,24-25H,18H2,1H3,(H,28,31)/t24-,25-/m0/s1. The lowest BCUT2D eigenvalue weighted by Crippen LogP contribution is -2.30. The Labute approximate surface area is 188 Å². The molecule has 3 heterocycles. The molecule has 0 radical (unpaired) electrons. The van der Waals surface area contributed by atoms with Crippen LogP contribution in [0.25, 0.3) is 5.69 Å². The zero-order valence-corrected chi connectivity index (χ0v) is 18.2. The molecule has 0 amide bonds. The second-order valence-corrected chi connectivity index (χ2v) is 8.22. The van der Waals surface area contributed by atoms with Crippen molar-refractivity contribution in [3.63, 3.8) is 0 Å². The molecular weight excluding hydrogens is 400 g/mol. The summed E-state index contributed by atoms with van der Waals surface area (Å²) in [6.07, 6.45) is 3.98. The Balaban J connectivity index is 1.62. The molecular formula is C26H24N4S. The Morgan fingerprint density at radius 3 is 2.45 bits per heavy atom. The van der Waals surface area contributed by atoms with E-state index < -0.39 is 0 Å². The first-order chi connectivity index (χ1) is 15.2. The highest BCUT2D eigenvalue weighted by atomic mass is 32.1. The Bertz CT molecular complexity index is 1190. The fourth-order valence-electron chi connectivity index (χ4n) is 4.37. The van der Waals surface area contributed by atoms with E-state index in [2.05, 4.69) is 99.6 Å². The Morgan fingerprint density at radius 2 is 1.68 bits per heavy atom. The lowest BCUT2D eigenvalue weighted by molar-refractivity contribution is 0.302. The van der Waals surface area contributed by atoms with Crippen LogP contribution in [-0.2, 0) is 6.54 Å². The zero-order chi connectivity index (χ0) is 21.2. The molecule has 1 aliphatic heterocycles. The van der Waals surface area contributed by atoms with Gasteiger partial charge in [0, 0.05) is 30.3 Å². The maximum Gasteiger partial charge on any atom is 0.170 e. The number of thiocarbonyl (C=S) groups is 1. The summed E-state index contributed by atoms with van der Waals surface area (Å²) in [4.78, 5) is 6.94. The molecule has 5 heteroatoms. The van der Waals surface area contributed by atoms with Crippen LogP contribution >= 0.6 is 12.2 Å². The molecule has 154 valence electrons. The van der Waals surface area contributed by atoms with Gasteiger partial charge in [-0.05, 0) is 60.6 Å². The van der Waals surface area contributed by atoms with Gasteiger partial charge < -0.3 is 14.8 Å². The molecule has 0 saturated carbocycles. The molecule has 5 rings (SSSR count). The smallest absolute Gasteiger partial charge is 0.170 e. The molecule has 2 aromatic heterocycles. The maximum atomic E-state index is 5.83. The van der Waals surface area contributed by atoms with E-state index in [1.54, 1.807) is 0 Å². The van der Waals surface area contributed by atoms with Gasteiger partial charge in [-0.1, -0.05) is 54.6 Å². The third-order valence-corrected chi connectivity index (χ3v) is 6.20. The highest BCUT2D eigenvalue weighted by Gasteiger charge is 2.41. The van der Waals surface area contributed by atoms with Crippen molar-refractivity contribution >= 4 is 17.3 Å². The van der Waals surface area contributed by atoms with Gasteiger partial charge in [-0.3, -0.25) is 4.98 Å². The number of para-hydroxylation sites is 1. The number of benzene rings is 2. The number of hydrogen-bond donors (Lipinski definition) is 1. The van der Waals surface area contributed by atoms with Crippen LogP contribution in [-0.4, -0.2) is 19.6 Å². The molecule has 0 unspecified atom stereocenters. The van der Waals surface area contributed by atoms with Crippen LogP contribution in [0, 0.1) is 6.92 Å². The maximum absolute atomic E-state index is 5.83. The van der Waals surface area contributed by atoms with Crippen LogP contribution in [0.3, 0.4) is 0 Å². The van der Waals surface area contributed by atoms with Crippen molar-refractivity contribution < 1.29 is 0 Å². The fraction of sp³-hybridized carbons (Fsp3) is 0.154. The second-order valence-electron chi connectivity index (χ2n) is 7.83. The van der Waals surface area contributed by atoms with Crippen molar-refractivity contribution in [2.45, 2.75) is 25.6 Å². The van der Waals surface area contributed by atoms with E-state index in [9.17, 15) is 0 Å². The minimum atomic E-state index is -0.0323. The summed E-state index contributed by atoms with van der Waals surface area (Å²) < 4.78 is 2.28. The van der Waals surface area contributed by atoms with E-state index in [1.807, 2.05) is 24.4 Å². The van der Waals surface area contributed by atoms with Gasteiger partial charge in [-0.15, -0.1) is 0 Å². The van der Waals surface area contributed by atoms with Crippen LogP contribution in [0.4, 0.5) is 0 Å². The Kier molecular flexibility index (Phi) is 5.26. The Hall–Kier alpha value is -3.44. The molecule has 1 fully saturated rings. The van der Waals surface area contributed by atoms with E-state index in [4.69, 9.17) is 12.2 Å². The van der Waals surface area contributed by atoms with E-state index >= 15 is 0 Å². The predicted molar refractivity (Wildman–Crippen MR) is 128 cm³/mol. The van der Waals surface area contributed by atoms with Gasteiger partial charge in [-0.25, -0.2) is 0 Å². The molecule has 0 spiro atoms. The summed E-state index contributed by atoms with van der Waals surface area (Å²) in [5.41, 5.74) is 5.82. The van der Waals surface area contributed by atoms with Crippen LogP contribution in [0.5, 0.6) is 0 Å². The van der Waals surface area contributed by atoms with Gasteiger partial charge in [0.25, 0.3) is 0 Å². The van der Waals surface area contributed by atoms with Crippen molar-refractivity contribution in [1.82, 2.24) is 19.8 Å². The lowest BCUT2D eigenvalue weighted by Gasteiger charge is -2.29. The first kappa shape index (κ1) is 19.5. The van der Waals surface area contributed by atoms with Gasteiger partial charge in [-0.2, -0.15) is 0 Å². The van der Waals surface area contributed by atoms with E-state index in [1.165, 1.54) is 22.5 Å². The molecule has 1 aliphatic rings. The summed E-state index contributed by atoms with van der Waals surface area (Å²) in [5, 5.41) is 4.31. The highest BCUT2D eigenvalue weighted by molar-refractivity contribution is 7.80. The number of nitrogens with zero attached hydrogens (tertiary/aromatic N) is 3. The third kappa shape index (κ3) is 3.73. The summed E-state index contributed by atoms with van der Waals surface area (Å²) in [7, 11) is 0. The van der Waals surface area contributed by atoms with E-state index in [-0.39, 0.29) is 12.1 Å². The molecule has 1 saturated heterocycles. The normalized spacial score (nSPS) is 18.2. The predicted octanol–water partition coefficient (Wildman–Crippen LogP) is 5.35. The van der Waals surface area contributed by atoms with Gasteiger partial charge in [0.2, 0.25) is 0 Å². The van der Waals surface area contributed by atoms with Crippen LogP contribution in [0.2, 0.25) is 0 Å². The van der Waals surface area contributed by atoms with Crippen molar-refractivity contribution in [1.29, 1.82) is 0 Å². The highest BCUT2D eigenvalue weighted by Crippen LogP contribution is 2.40. The monoisotopic (exact) mass is 424 g/mol. The van der Waals surface area contributed by atoms with Crippen LogP contribution < -0.4 is 5.32 Å². The number of rotatable bonds is 5. The molecule has 0 bridgehead atoms. The topological polar surface area (TPSA) is 33.1 Å². The van der Waals surface area contributed by atoms with Crippen molar-refractivity contribution in [2.24, 2.45) is 0 Å². The zero-order valence-electron chi connectivity index (χ0n) is 17.3. The molecule has 0 aliphatic carbocycles. The first-order valence-electron chi connectivity index (χ1n) is 10.5. The van der Waals surface area contributed by atoms with Crippen molar-refractivity contribution in [2.75, 3.05) is 0 Å². The lowest BCUT2D eigenvalue weighted by atomic mass is 10.0. The first-order valence-corrected chi connectivity index (χ1v) is 10.9. The average Bonchev–Trinajstić information content (AvgIpc) is 3.40. The number of pyridine rings is 1. The minimum Gasteiger partial charge on any atom is -0.352 e. The molecule has 4 nitrogen and oxygen atoms in total. The summed E-state index contributed by atoms with van der Waals surface area (Å²) >= 11 is 5.83. The van der Waals surface area contributed by atoms with Gasteiger partial charge >= 0.3 is 0 Å². The molecule has 2 aromatic carbocycles. The summed E-state index contributed by atoms with van der Waals surface area (Å²) in [5.74, 6) is 0. The molecule has 4 aromatic rings. The second kappa shape index (κ2) is 8.36. The van der Waals surface area contributed by atoms with Gasteiger partial charge in [0.1, 0.15) is 0 Å². The SMILES string of the molecule is Cc1ccccc1-n1cccc1[C@H]1[C@H](c2ccccn2)NC(=S)N1Cc1ccccc1. The molecule has 1 N–H and O–H groups in total. The fourth-order valence-corrected chi connectivity index (χ4v) is 4.67. The van der Waals surface area contributed by atoms with Crippen LogP contribution in [0.1, 0.15) is 34.6 Å². The summed E-state index contributed by atoms with van der Waals surface area (Å²) in [6.45, 7) is 2.88. The number of aromatic nitrogens is 2. The van der Waals surface area contributed by atoms with E-state index in [0.29, 0.717) is 0 Å². The van der Waals surface area contributed by atoms with Crippen molar-refractivity contribution in [3.05, 3.63) is 120 Å². The van der Waals surface area contributed by atoms with Crippen molar-refractivity contribution in [3.8, 4) is 5.69 Å². The van der Waals surface area contributed by atoms with Gasteiger partial charge in [0.15, 0.2) is 5.11 Å². The average molecular weight is 425 g/mol. The van der Waals surface area contributed by atoms with Crippen LogP contribution in [0.15, 0.2) is 97.3 Å². The van der Waals surface area contributed by atoms with E-state index in [0.717, 1.165) is 17.4 Å². The minimum absolute atomic E-state index is 0.0113. The number of aryl methyl sites for hydroxylation is 1. The summed E-state index contributed by atoms with van der Waals surface area (Å²) in [6, 6.07) is 29.3. The third-order valence-electron chi connectivity index (χ3n) is 5.85. The largest absolute Gasteiger partial charge is 0.352 e. The quantitative estimate of drug-likeness (QED) is 0.438. The molecule has 31 heavy (non-hydrogen) atoms. The number of hydrogen-bond acceptors (Lipinski definition) is 2. The molecule has 2 atom stereocenters. The number of nitrogens with one attached hydrogen (secondary N) is 1. The van der Waals surface area contributed by atoms with Gasteiger partial charge in [0.05, 0.1) is 17.8 Å². The Morgan fingerprint density at radius 1 is 0.903 bits per heavy atom.